The summed E-state index contributed by atoms with van der Waals surface area (Å²) in [7, 11) is 2.02. The predicted octanol–water partition coefficient (Wildman–Crippen LogP) is 1.65. The second kappa shape index (κ2) is 6.16. The summed E-state index contributed by atoms with van der Waals surface area (Å²) in [6, 6.07) is 9.19. The minimum absolute atomic E-state index is 0.246. The van der Waals surface area contributed by atoms with Crippen molar-refractivity contribution in [3.63, 3.8) is 0 Å². The van der Waals surface area contributed by atoms with Gasteiger partial charge in [0.15, 0.2) is 0 Å². The van der Waals surface area contributed by atoms with Gasteiger partial charge in [0.25, 0.3) is 0 Å². The smallest absolute Gasteiger partial charge is 0.241 e. The predicted molar refractivity (Wildman–Crippen MR) is 85.6 cm³/mol. The standard InChI is InChI=1S/C17H25N3O/c1-13-11-14-5-3-4-6-16(14)20(13)17(21)12-19-9-7-15(18-2)8-10-19/h3-6,13,15,18H,7-12H2,1-2H3. The highest BCUT2D eigenvalue weighted by atomic mass is 16.2. The lowest BCUT2D eigenvalue weighted by molar-refractivity contribution is -0.120. The molecule has 114 valence electrons. The summed E-state index contributed by atoms with van der Waals surface area (Å²) in [5, 5.41) is 3.33. The maximum absolute atomic E-state index is 12.7. The molecule has 1 N–H and O–H groups in total. The number of piperidine rings is 1. The van der Waals surface area contributed by atoms with Gasteiger partial charge >= 0.3 is 0 Å². The first-order valence-electron chi connectivity index (χ1n) is 7.98. The number of rotatable bonds is 3. The van der Waals surface area contributed by atoms with Crippen LogP contribution in [0.25, 0.3) is 0 Å². The summed E-state index contributed by atoms with van der Waals surface area (Å²) in [6.07, 6.45) is 3.25. The Bertz CT molecular complexity index is 509. The molecule has 2 heterocycles. The molecule has 21 heavy (non-hydrogen) atoms. The summed E-state index contributed by atoms with van der Waals surface area (Å²) in [5.74, 6) is 0.246. The summed E-state index contributed by atoms with van der Waals surface area (Å²) in [5.41, 5.74) is 2.41. The molecule has 0 aliphatic carbocycles. The molecule has 1 amide bonds. The van der Waals surface area contributed by atoms with Crippen LogP contribution in [0.5, 0.6) is 0 Å². The fourth-order valence-corrected chi connectivity index (χ4v) is 3.59. The third-order valence-electron chi connectivity index (χ3n) is 4.83. The highest BCUT2D eigenvalue weighted by molar-refractivity contribution is 5.97. The zero-order valence-electron chi connectivity index (χ0n) is 13.0. The number of carbonyl (C=O) groups is 1. The van der Waals surface area contributed by atoms with Crippen LogP contribution in [0.3, 0.4) is 0 Å². The molecule has 2 aliphatic rings. The van der Waals surface area contributed by atoms with E-state index in [0.29, 0.717) is 12.6 Å². The average Bonchev–Trinajstić information content (AvgIpc) is 2.83. The molecule has 0 saturated carbocycles. The van der Waals surface area contributed by atoms with Crippen LogP contribution in [-0.4, -0.2) is 49.6 Å². The number of fused-ring (bicyclic) bond motifs is 1. The Labute approximate surface area is 127 Å². The maximum Gasteiger partial charge on any atom is 0.241 e. The highest BCUT2D eigenvalue weighted by Gasteiger charge is 2.31. The highest BCUT2D eigenvalue weighted by Crippen LogP contribution is 2.31. The number of amides is 1. The molecule has 2 aliphatic heterocycles. The second-order valence-electron chi connectivity index (χ2n) is 6.28. The maximum atomic E-state index is 12.7. The first-order chi connectivity index (χ1) is 10.2. The lowest BCUT2D eigenvalue weighted by Gasteiger charge is -2.33. The number of nitrogens with one attached hydrogen (secondary N) is 1. The normalized spacial score (nSPS) is 23.3. The number of para-hydroxylation sites is 1. The lowest BCUT2D eigenvalue weighted by Crippen LogP contribution is -2.47. The number of carbonyl (C=O) groups excluding carboxylic acids is 1. The van der Waals surface area contributed by atoms with Gasteiger partial charge in [-0.15, -0.1) is 0 Å². The van der Waals surface area contributed by atoms with Crippen molar-refractivity contribution in [2.24, 2.45) is 0 Å². The number of anilines is 1. The van der Waals surface area contributed by atoms with Crippen molar-refractivity contribution < 1.29 is 4.79 Å². The molecule has 4 heteroatoms. The molecule has 0 bridgehead atoms. The third kappa shape index (κ3) is 2.97. The van der Waals surface area contributed by atoms with Crippen molar-refractivity contribution in [3.8, 4) is 0 Å². The van der Waals surface area contributed by atoms with Crippen LogP contribution in [-0.2, 0) is 11.2 Å². The van der Waals surface area contributed by atoms with Gasteiger partial charge < -0.3 is 10.2 Å². The van der Waals surface area contributed by atoms with Crippen molar-refractivity contribution in [1.82, 2.24) is 10.2 Å². The lowest BCUT2D eigenvalue weighted by atomic mass is 10.1. The largest absolute Gasteiger partial charge is 0.317 e. The quantitative estimate of drug-likeness (QED) is 0.918. The Kier molecular flexibility index (Phi) is 4.27. The van der Waals surface area contributed by atoms with Crippen molar-refractivity contribution in [2.45, 2.75) is 38.3 Å². The van der Waals surface area contributed by atoms with Crippen LogP contribution in [0.1, 0.15) is 25.3 Å². The SMILES string of the molecule is CNC1CCN(CC(=O)N2c3ccccc3CC2C)CC1. The number of hydrogen-bond donors (Lipinski definition) is 1. The van der Waals surface area contributed by atoms with Gasteiger partial charge in [-0.05, 0) is 44.9 Å². The van der Waals surface area contributed by atoms with Crippen LogP contribution in [0, 0.1) is 0 Å². The van der Waals surface area contributed by atoms with E-state index in [-0.39, 0.29) is 11.9 Å². The van der Waals surface area contributed by atoms with E-state index in [2.05, 4.69) is 35.3 Å². The van der Waals surface area contributed by atoms with Gasteiger partial charge in [-0.2, -0.15) is 0 Å². The minimum Gasteiger partial charge on any atom is -0.317 e. The van der Waals surface area contributed by atoms with Crippen molar-refractivity contribution in [2.75, 3.05) is 31.6 Å². The van der Waals surface area contributed by atoms with Gasteiger partial charge in [-0.25, -0.2) is 0 Å². The van der Waals surface area contributed by atoms with Crippen molar-refractivity contribution in [3.05, 3.63) is 29.8 Å². The van der Waals surface area contributed by atoms with E-state index >= 15 is 0 Å². The van der Waals surface area contributed by atoms with E-state index in [1.165, 1.54) is 5.56 Å². The van der Waals surface area contributed by atoms with E-state index in [1.807, 2.05) is 18.0 Å². The molecule has 1 fully saturated rings. The second-order valence-corrected chi connectivity index (χ2v) is 6.28. The number of hydrogen-bond acceptors (Lipinski definition) is 3. The van der Waals surface area contributed by atoms with Gasteiger partial charge in [0.05, 0.1) is 6.54 Å². The van der Waals surface area contributed by atoms with Crippen LogP contribution in [0.4, 0.5) is 5.69 Å². The molecule has 1 unspecified atom stereocenters. The third-order valence-corrected chi connectivity index (χ3v) is 4.83. The van der Waals surface area contributed by atoms with Gasteiger partial charge in [0.2, 0.25) is 5.91 Å². The molecule has 0 spiro atoms. The van der Waals surface area contributed by atoms with Gasteiger partial charge in [0, 0.05) is 30.9 Å². The number of benzene rings is 1. The van der Waals surface area contributed by atoms with E-state index in [9.17, 15) is 4.79 Å². The van der Waals surface area contributed by atoms with E-state index in [4.69, 9.17) is 0 Å². The first-order valence-corrected chi connectivity index (χ1v) is 7.98. The topological polar surface area (TPSA) is 35.6 Å². The van der Waals surface area contributed by atoms with E-state index in [0.717, 1.165) is 38.0 Å². The summed E-state index contributed by atoms with van der Waals surface area (Å²) in [4.78, 5) is 17.0. The van der Waals surface area contributed by atoms with Gasteiger partial charge in [-0.3, -0.25) is 9.69 Å². The van der Waals surface area contributed by atoms with Gasteiger partial charge in [0.1, 0.15) is 0 Å². The Morgan fingerprint density at radius 1 is 1.29 bits per heavy atom. The summed E-state index contributed by atoms with van der Waals surface area (Å²) < 4.78 is 0. The van der Waals surface area contributed by atoms with E-state index < -0.39 is 0 Å². The van der Waals surface area contributed by atoms with Crippen molar-refractivity contribution in [1.29, 1.82) is 0 Å². The van der Waals surface area contributed by atoms with E-state index in [1.54, 1.807) is 0 Å². The van der Waals surface area contributed by atoms with Gasteiger partial charge in [-0.1, -0.05) is 18.2 Å². The molecule has 0 aromatic heterocycles. The molecule has 1 aromatic rings. The molecular formula is C17H25N3O. The minimum atomic E-state index is 0.246. The fraction of sp³-hybridized carbons (Fsp3) is 0.588. The summed E-state index contributed by atoms with van der Waals surface area (Å²) >= 11 is 0. The number of nitrogens with zero attached hydrogens (tertiary/aromatic N) is 2. The zero-order valence-corrected chi connectivity index (χ0v) is 13.0. The Morgan fingerprint density at radius 2 is 2.00 bits per heavy atom. The Balaban J connectivity index is 1.64. The van der Waals surface area contributed by atoms with Crippen LogP contribution < -0.4 is 10.2 Å². The average molecular weight is 287 g/mol. The Morgan fingerprint density at radius 3 is 2.71 bits per heavy atom. The molecule has 1 aromatic carbocycles. The Hall–Kier alpha value is -1.39. The molecule has 1 atom stereocenters. The monoisotopic (exact) mass is 287 g/mol. The molecule has 0 radical (unpaired) electrons. The molecular weight excluding hydrogens is 262 g/mol. The van der Waals surface area contributed by atoms with Crippen LogP contribution >= 0.6 is 0 Å². The first kappa shape index (κ1) is 14.5. The number of likely N-dealkylation sites (tertiary alicyclic amines) is 1. The summed E-state index contributed by atoms with van der Waals surface area (Å²) in [6.45, 7) is 4.72. The molecule has 3 rings (SSSR count). The molecule has 4 nitrogen and oxygen atoms in total. The van der Waals surface area contributed by atoms with Crippen LogP contribution in [0.2, 0.25) is 0 Å². The molecule has 1 saturated heterocycles. The van der Waals surface area contributed by atoms with Crippen LogP contribution in [0.15, 0.2) is 24.3 Å². The zero-order chi connectivity index (χ0) is 14.8. The fourth-order valence-electron chi connectivity index (χ4n) is 3.59. The van der Waals surface area contributed by atoms with Crippen molar-refractivity contribution >= 4 is 11.6 Å².